The minimum absolute atomic E-state index is 0.0775. The van der Waals surface area contributed by atoms with Crippen LogP contribution in [0.1, 0.15) is 0 Å². The number of nitrogens with two attached hydrogens (primary N) is 1. The van der Waals surface area contributed by atoms with Crippen LogP contribution >= 0.6 is 0 Å². The average Bonchev–Trinajstić information content (AvgIpc) is 3.11. The maximum atomic E-state index is 14.7. The quantitative estimate of drug-likeness (QED) is 0.541. The molecule has 0 spiro atoms. The number of nitrogen functional groups attached to an aromatic ring is 1. The maximum Gasteiger partial charge on any atom is 0.228 e. The highest BCUT2D eigenvalue weighted by molar-refractivity contribution is 5.99. The number of halogens is 3. The van der Waals surface area contributed by atoms with Crippen LogP contribution in [0.4, 0.5) is 24.9 Å². The minimum Gasteiger partial charge on any atom is -0.383 e. The van der Waals surface area contributed by atoms with Gasteiger partial charge in [0.1, 0.15) is 23.3 Å². The van der Waals surface area contributed by atoms with Crippen LogP contribution in [0, 0.1) is 17.5 Å². The van der Waals surface area contributed by atoms with E-state index in [1.54, 1.807) is 0 Å². The molecule has 31 heavy (non-hydrogen) atoms. The van der Waals surface area contributed by atoms with Crippen LogP contribution in [0.25, 0.3) is 28.0 Å². The number of rotatable bonds is 3. The van der Waals surface area contributed by atoms with Gasteiger partial charge in [0.15, 0.2) is 5.65 Å². The zero-order chi connectivity index (χ0) is 21.5. The number of hydrogen-bond acceptors (Lipinski definition) is 6. The van der Waals surface area contributed by atoms with Gasteiger partial charge >= 0.3 is 0 Å². The van der Waals surface area contributed by atoms with E-state index < -0.39 is 17.5 Å². The molecule has 0 amide bonds. The third-order valence-electron chi connectivity index (χ3n) is 5.11. The second-order valence-electron chi connectivity index (χ2n) is 7.07. The number of morpholine rings is 1. The summed E-state index contributed by atoms with van der Waals surface area (Å²) in [5.74, 6) is -1.37. The van der Waals surface area contributed by atoms with Gasteiger partial charge in [0.25, 0.3) is 0 Å². The van der Waals surface area contributed by atoms with E-state index in [0.717, 1.165) is 12.1 Å². The Labute approximate surface area is 174 Å². The van der Waals surface area contributed by atoms with Crippen LogP contribution in [0.15, 0.2) is 42.5 Å². The van der Waals surface area contributed by atoms with Gasteiger partial charge in [-0.3, -0.25) is 0 Å². The molecular formula is C21H17F3N6O. The van der Waals surface area contributed by atoms with E-state index in [1.165, 1.54) is 35.0 Å². The molecule has 3 heterocycles. The zero-order valence-corrected chi connectivity index (χ0v) is 16.2. The van der Waals surface area contributed by atoms with E-state index in [4.69, 9.17) is 10.5 Å². The van der Waals surface area contributed by atoms with E-state index in [9.17, 15) is 13.2 Å². The van der Waals surface area contributed by atoms with Crippen molar-refractivity contribution in [2.24, 2.45) is 0 Å². The first kappa shape index (κ1) is 19.3. The van der Waals surface area contributed by atoms with Gasteiger partial charge in [-0.05, 0) is 36.4 Å². The number of aromatic nitrogens is 4. The summed E-state index contributed by atoms with van der Waals surface area (Å²) >= 11 is 0. The van der Waals surface area contributed by atoms with Crippen molar-refractivity contribution in [1.82, 2.24) is 19.7 Å². The van der Waals surface area contributed by atoms with Crippen LogP contribution in [0.3, 0.4) is 0 Å². The van der Waals surface area contributed by atoms with Gasteiger partial charge in [-0.2, -0.15) is 4.98 Å². The predicted molar refractivity (Wildman–Crippen MR) is 109 cm³/mol. The molecule has 2 aromatic carbocycles. The lowest BCUT2D eigenvalue weighted by atomic mass is 10.1. The highest BCUT2D eigenvalue weighted by atomic mass is 19.1. The van der Waals surface area contributed by atoms with Gasteiger partial charge in [-0.25, -0.2) is 22.8 Å². The fourth-order valence-corrected chi connectivity index (χ4v) is 3.56. The standard InChI is InChI=1S/C21H17F3N6O/c22-12-1-4-14(5-2-12)30-19(25)17-18(15-6-3-13(23)11-16(15)24)26-21(27-20(17)28-30)29-7-9-31-10-8-29/h1-6,11H,7-10,25H2. The molecule has 5 rings (SSSR count). The lowest BCUT2D eigenvalue weighted by molar-refractivity contribution is 0.122. The monoisotopic (exact) mass is 426 g/mol. The Bertz CT molecular complexity index is 1270. The van der Waals surface area contributed by atoms with E-state index >= 15 is 0 Å². The summed E-state index contributed by atoms with van der Waals surface area (Å²) < 4.78 is 48.3. The second kappa shape index (κ2) is 7.55. The molecule has 0 radical (unpaired) electrons. The number of fused-ring (bicyclic) bond motifs is 1. The Morgan fingerprint density at radius 2 is 1.61 bits per heavy atom. The lowest BCUT2D eigenvalue weighted by Gasteiger charge is -2.27. The number of nitrogens with zero attached hydrogens (tertiary/aromatic N) is 5. The summed E-state index contributed by atoms with van der Waals surface area (Å²) in [5, 5.41) is 4.79. The largest absolute Gasteiger partial charge is 0.383 e. The van der Waals surface area contributed by atoms with Crippen LogP contribution in [0.2, 0.25) is 0 Å². The molecule has 1 saturated heterocycles. The van der Waals surface area contributed by atoms with Crippen molar-refractivity contribution >= 4 is 22.8 Å². The van der Waals surface area contributed by atoms with E-state index in [1.807, 2.05) is 4.90 Å². The number of anilines is 2. The van der Waals surface area contributed by atoms with Crippen molar-refractivity contribution in [3.05, 3.63) is 59.9 Å². The van der Waals surface area contributed by atoms with Gasteiger partial charge < -0.3 is 15.4 Å². The number of ether oxygens (including phenoxy) is 1. The third-order valence-corrected chi connectivity index (χ3v) is 5.11. The van der Waals surface area contributed by atoms with Gasteiger partial charge in [-0.1, -0.05) is 0 Å². The number of hydrogen-bond donors (Lipinski definition) is 1. The molecule has 0 saturated carbocycles. The van der Waals surface area contributed by atoms with Crippen molar-refractivity contribution in [2.45, 2.75) is 0 Å². The van der Waals surface area contributed by atoms with Gasteiger partial charge in [-0.15, -0.1) is 5.10 Å². The summed E-state index contributed by atoms with van der Waals surface area (Å²) in [5.41, 5.74) is 7.39. The Balaban J connectivity index is 1.76. The van der Waals surface area contributed by atoms with Crippen molar-refractivity contribution in [2.75, 3.05) is 36.9 Å². The Morgan fingerprint density at radius 1 is 0.903 bits per heavy atom. The molecule has 2 N–H and O–H groups in total. The molecule has 1 aliphatic rings. The average molecular weight is 426 g/mol. The van der Waals surface area contributed by atoms with Crippen LogP contribution in [0.5, 0.6) is 0 Å². The van der Waals surface area contributed by atoms with Gasteiger partial charge in [0.2, 0.25) is 5.95 Å². The summed E-state index contributed by atoms with van der Waals surface area (Å²) in [6.45, 7) is 2.14. The smallest absolute Gasteiger partial charge is 0.228 e. The predicted octanol–water partition coefficient (Wildman–Crippen LogP) is 3.32. The van der Waals surface area contributed by atoms with Crippen LogP contribution < -0.4 is 10.6 Å². The number of benzene rings is 2. The molecule has 10 heteroatoms. The summed E-state index contributed by atoms with van der Waals surface area (Å²) in [6, 6.07) is 8.86. The molecule has 1 fully saturated rings. The Hall–Kier alpha value is -3.66. The van der Waals surface area contributed by atoms with E-state index in [-0.39, 0.29) is 22.7 Å². The molecule has 4 aromatic rings. The minimum atomic E-state index is -0.776. The van der Waals surface area contributed by atoms with E-state index in [0.29, 0.717) is 43.3 Å². The highest BCUT2D eigenvalue weighted by Crippen LogP contribution is 2.35. The van der Waals surface area contributed by atoms with Crippen molar-refractivity contribution in [3.63, 3.8) is 0 Å². The SMILES string of the molecule is Nc1c2c(-c3ccc(F)cc3F)nc(N3CCOCC3)nc2nn1-c1ccc(F)cc1. The van der Waals surface area contributed by atoms with Crippen LogP contribution in [-0.4, -0.2) is 46.1 Å². The fourth-order valence-electron chi connectivity index (χ4n) is 3.56. The molecule has 2 aromatic heterocycles. The molecule has 0 unspecified atom stereocenters. The molecule has 1 aliphatic heterocycles. The molecular weight excluding hydrogens is 409 g/mol. The molecule has 0 aliphatic carbocycles. The molecule has 0 atom stereocenters. The fraction of sp³-hybridized carbons (Fsp3) is 0.190. The molecule has 0 bridgehead atoms. The molecule has 7 nitrogen and oxygen atoms in total. The van der Waals surface area contributed by atoms with Crippen molar-refractivity contribution in [1.29, 1.82) is 0 Å². The van der Waals surface area contributed by atoms with Gasteiger partial charge in [0, 0.05) is 24.7 Å². The summed E-state index contributed by atoms with van der Waals surface area (Å²) in [4.78, 5) is 11.0. The first-order valence-corrected chi connectivity index (χ1v) is 9.61. The van der Waals surface area contributed by atoms with Crippen molar-refractivity contribution < 1.29 is 17.9 Å². The summed E-state index contributed by atoms with van der Waals surface area (Å²) in [7, 11) is 0. The normalized spacial score (nSPS) is 14.4. The Morgan fingerprint density at radius 3 is 2.32 bits per heavy atom. The third kappa shape index (κ3) is 3.44. The van der Waals surface area contributed by atoms with Gasteiger partial charge in [0.05, 0.1) is 30.0 Å². The Kier molecular flexibility index (Phi) is 4.70. The van der Waals surface area contributed by atoms with E-state index in [2.05, 4.69) is 15.1 Å². The first-order valence-electron chi connectivity index (χ1n) is 9.61. The topological polar surface area (TPSA) is 82.1 Å². The zero-order valence-electron chi connectivity index (χ0n) is 16.2. The summed E-state index contributed by atoms with van der Waals surface area (Å²) in [6.07, 6.45) is 0. The lowest BCUT2D eigenvalue weighted by Crippen LogP contribution is -2.37. The first-order chi connectivity index (χ1) is 15.0. The molecule has 158 valence electrons. The van der Waals surface area contributed by atoms with Crippen molar-refractivity contribution in [3.8, 4) is 16.9 Å². The van der Waals surface area contributed by atoms with Crippen LogP contribution in [-0.2, 0) is 4.74 Å². The maximum absolute atomic E-state index is 14.7. The highest BCUT2D eigenvalue weighted by Gasteiger charge is 2.24. The second-order valence-corrected chi connectivity index (χ2v) is 7.07.